The molecule has 4 heterocycles. The van der Waals surface area contributed by atoms with E-state index in [1.807, 2.05) is 0 Å². The van der Waals surface area contributed by atoms with Crippen LogP contribution in [-0.4, -0.2) is 34.4 Å². The molecule has 2 aliphatic rings. The molecule has 0 spiro atoms. The van der Waals surface area contributed by atoms with Crippen molar-refractivity contribution < 1.29 is 14.3 Å². The van der Waals surface area contributed by atoms with Gasteiger partial charge in [-0.1, -0.05) is 23.2 Å². The average molecular weight is 431 g/mol. The first kappa shape index (κ1) is 18.4. The third kappa shape index (κ3) is 2.88. The molecule has 0 bridgehead atoms. The molecule has 1 atom stereocenters. The Labute approximate surface area is 176 Å². The number of hydrogen-bond donors (Lipinski definition) is 1. The average Bonchev–Trinajstić information content (AvgIpc) is 3.35. The summed E-state index contributed by atoms with van der Waals surface area (Å²) in [6, 6.07) is 4.87. The number of hydrogen-bond acceptors (Lipinski definition) is 6. The molecule has 2 aliphatic heterocycles. The molecule has 0 unspecified atom stereocenters. The van der Waals surface area contributed by atoms with Gasteiger partial charge in [-0.15, -0.1) is 0 Å². The van der Waals surface area contributed by atoms with Gasteiger partial charge in [0.15, 0.2) is 0 Å². The molecule has 2 aromatic heterocycles. The fourth-order valence-electron chi connectivity index (χ4n) is 3.82. The van der Waals surface area contributed by atoms with Crippen LogP contribution in [0.25, 0.3) is 10.9 Å². The van der Waals surface area contributed by atoms with E-state index in [-0.39, 0.29) is 11.9 Å². The van der Waals surface area contributed by atoms with E-state index in [1.165, 1.54) is 0 Å². The van der Waals surface area contributed by atoms with Crippen molar-refractivity contribution in [2.75, 3.05) is 19.4 Å². The van der Waals surface area contributed by atoms with Gasteiger partial charge >= 0.3 is 0 Å². The summed E-state index contributed by atoms with van der Waals surface area (Å²) in [6.45, 7) is 1.19. The predicted molar refractivity (Wildman–Crippen MR) is 109 cm³/mol. The Kier molecular flexibility index (Phi) is 4.27. The maximum atomic E-state index is 13.2. The van der Waals surface area contributed by atoms with Crippen molar-refractivity contribution >= 4 is 45.8 Å². The molecular weight excluding hydrogens is 415 g/mol. The van der Waals surface area contributed by atoms with Crippen molar-refractivity contribution in [3.8, 4) is 5.75 Å². The molecule has 5 rings (SSSR count). The minimum absolute atomic E-state index is 0.232. The Hall–Kier alpha value is -2.61. The first-order chi connectivity index (χ1) is 13.9. The van der Waals surface area contributed by atoms with Crippen LogP contribution in [-0.2, 0) is 18.0 Å². The molecule has 0 saturated heterocycles. The van der Waals surface area contributed by atoms with Crippen molar-refractivity contribution in [3.05, 3.63) is 56.8 Å². The summed E-state index contributed by atoms with van der Waals surface area (Å²) >= 11 is 12.2. The summed E-state index contributed by atoms with van der Waals surface area (Å²) in [7, 11) is 1.72. The number of pyridine rings is 2. The van der Waals surface area contributed by atoms with Gasteiger partial charge in [0.1, 0.15) is 23.9 Å². The fraction of sp³-hybridized carbons (Fsp3) is 0.250. The molecule has 3 aromatic rings. The van der Waals surface area contributed by atoms with Crippen LogP contribution < -0.4 is 10.5 Å². The molecule has 9 heteroatoms. The zero-order chi connectivity index (χ0) is 20.3. The van der Waals surface area contributed by atoms with E-state index in [2.05, 4.69) is 9.97 Å². The summed E-state index contributed by atoms with van der Waals surface area (Å²) in [5.41, 5.74) is 9.62. The van der Waals surface area contributed by atoms with E-state index >= 15 is 0 Å². The second-order valence-corrected chi connectivity index (χ2v) is 7.90. The summed E-state index contributed by atoms with van der Waals surface area (Å²) in [5.74, 6) is 0.840. The summed E-state index contributed by atoms with van der Waals surface area (Å²) in [5, 5.41) is 1.67. The van der Waals surface area contributed by atoms with Gasteiger partial charge in [-0.25, -0.2) is 9.97 Å². The Balaban J connectivity index is 1.51. The number of amides is 1. The molecule has 0 aliphatic carbocycles. The number of likely N-dealkylation sites (N-methyl/N-ethyl adjacent to an activating group) is 1. The zero-order valence-electron chi connectivity index (χ0n) is 15.4. The monoisotopic (exact) mass is 430 g/mol. The van der Waals surface area contributed by atoms with E-state index < -0.39 is 0 Å². The van der Waals surface area contributed by atoms with Gasteiger partial charge in [-0.3, -0.25) is 4.79 Å². The minimum Gasteiger partial charge on any atom is -0.491 e. The maximum absolute atomic E-state index is 13.2. The molecule has 0 fully saturated rings. The van der Waals surface area contributed by atoms with Gasteiger partial charge in [0.2, 0.25) is 0 Å². The normalized spacial score (nSPS) is 17.1. The fourth-order valence-corrected chi connectivity index (χ4v) is 4.15. The molecule has 1 amide bonds. The number of carbonyl (C=O) groups is 1. The molecule has 7 nitrogen and oxygen atoms in total. The van der Waals surface area contributed by atoms with Crippen molar-refractivity contribution in [1.82, 2.24) is 14.9 Å². The molecule has 29 heavy (non-hydrogen) atoms. The number of nitrogens with zero attached hydrogens (tertiary/aromatic N) is 3. The van der Waals surface area contributed by atoms with Crippen LogP contribution in [0.4, 0.5) is 5.82 Å². The molecule has 0 radical (unpaired) electrons. The maximum Gasteiger partial charge on any atom is 0.272 e. The topological polar surface area (TPSA) is 90.6 Å². The highest BCUT2D eigenvalue weighted by atomic mass is 35.5. The molecule has 1 aromatic carbocycles. The molecule has 2 N–H and O–H groups in total. The summed E-state index contributed by atoms with van der Waals surface area (Å²) < 4.78 is 11.2. The number of anilines is 1. The second kappa shape index (κ2) is 6.73. The van der Waals surface area contributed by atoms with Gasteiger partial charge in [-0.2, -0.15) is 0 Å². The van der Waals surface area contributed by atoms with Crippen LogP contribution >= 0.6 is 23.2 Å². The van der Waals surface area contributed by atoms with Crippen molar-refractivity contribution in [2.45, 2.75) is 19.3 Å². The molecule has 0 saturated carbocycles. The van der Waals surface area contributed by atoms with Crippen LogP contribution in [0, 0.1) is 0 Å². The van der Waals surface area contributed by atoms with E-state index in [9.17, 15) is 4.79 Å². The van der Waals surface area contributed by atoms with Gasteiger partial charge in [0.05, 0.1) is 41.0 Å². The third-order valence-corrected chi connectivity index (χ3v) is 6.15. The number of nitrogen functional groups attached to an aromatic ring is 1. The SMILES string of the molecule is CN(C(=O)c1cc2c3c(c(N)nc2cn1)COC3)[C@@H]1COc2cc(Cl)c(Cl)cc21. The molecule has 148 valence electrons. The van der Waals surface area contributed by atoms with Crippen LogP contribution in [0.2, 0.25) is 10.0 Å². The summed E-state index contributed by atoms with van der Waals surface area (Å²) in [4.78, 5) is 23.5. The first-order valence-electron chi connectivity index (χ1n) is 8.97. The van der Waals surface area contributed by atoms with Crippen LogP contribution in [0.3, 0.4) is 0 Å². The number of carbonyl (C=O) groups excluding carboxylic acids is 1. The highest BCUT2D eigenvalue weighted by Gasteiger charge is 2.32. The van der Waals surface area contributed by atoms with E-state index in [0.29, 0.717) is 52.6 Å². The van der Waals surface area contributed by atoms with Crippen LogP contribution in [0.5, 0.6) is 5.75 Å². The van der Waals surface area contributed by atoms with Gasteiger partial charge in [-0.05, 0) is 17.7 Å². The predicted octanol–water partition coefficient (Wildman–Crippen LogP) is 3.75. The van der Waals surface area contributed by atoms with Crippen molar-refractivity contribution in [2.24, 2.45) is 0 Å². The Morgan fingerprint density at radius 2 is 1.97 bits per heavy atom. The second-order valence-electron chi connectivity index (χ2n) is 7.08. The first-order valence-corrected chi connectivity index (χ1v) is 9.73. The van der Waals surface area contributed by atoms with Crippen LogP contribution in [0.15, 0.2) is 24.4 Å². The van der Waals surface area contributed by atoms with Crippen molar-refractivity contribution in [1.29, 1.82) is 0 Å². The van der Waals surface area contributed by atoms with E-state index in [1.54, 1.807) is 36.3 Å². The standard InChI is InChI=1S/C20H16Cl2N4O3/c1-26(17-8-29-18-4-14(22)13(21)2-10(17)18)20(27)15-3-9-11-6-28-7-12(11)19(23)25-16(9)5-24-15/h2-5,17H,6-8H2,1H3,(H2,23,25)/t17-/m1/s1. The number of benzene rings is 1. The lowest BCUT2D eigenvalue weighted by Gasteiger charge is -2.23. The Morgan fingerprint density at radius 3 is 2.79 bits per heavy atom. The van der Waals surface area contributed by atoms with E-state index in [4.69, 9.17) is 38.4 Å². The van der Waals surface area contributed by atoms with Crippen molar-refractivity contribution in [3.63, 3.8) is 0 Å². The number of halogens is 2. The quantitative estimate of drug-likeness (QED) is 0.665. The lowest BCUT2D eigenvalue weighted by molar-refractivity contribution is 0.0703. The summed E-state index contributed by atoms with van der Waals surface area (Å²) in [6.07, 6.45) is 1.57. The highest BCUT2D eigenvalue weighted by molar-refractivity contribution is 6.42. The highest BCUT2D eigenvalue weighted by Crippen LogP contribution is 2.41. The number of rotatable bonds is 2. The minimum atomic E-state index is -0.289. The van der Waals surface area contributed by atoms with Gasteiger partial charge in [0, 0.05) is 29.6 Å². The zero-order valence-corrected chi connectivity index (χ0v) is 16.9. The largest absolute Gasteiger partial charge is 0.491 e. The van der Waals surface area contributed by atoms with Gasteiger partial charge in [0.25, 0.3) is 5.91 Å². The Bertz CT molecular complexity index is 1180. The lowest BCUT2D eigenvalue weighted by Crippen LogP contribution is -2.32. The smallest absolute Gasteiger partial charge is 0.272 e. The van der Waals surface area contributed by atoms with Gasteiger partial charge < -0.3 is 20.1 Å². The number of ether oxygens (including phenoxy) is 2. The van der Waals surface area contributed by atoms with Crippen LogP contribution in [0.1, 0.15) is 33.2 Å². The number of fused-ring (bicyclic) bond motifs is 4. The third-order valence-electron chi connectivity index (χ3n) is 5.43. The Morgan fingerprint density at radius 1 is 1.21 bits per heavy atom. The number of nitrogens with two attached hydrogens (primary N) is 1. The van der Waals surface area contributed by atoms with E-state index in [0.717, 1.165) is 22.1 Å². The molecular formula is C20H16Cl2N4O3. The lowest BCUT2D eigenvalue weighted by atomic mass is 10.0. The number of aromatic nitrogens is 2.